The predicted molar refractivity (Wildman–Crippen MR) is 66.2 cm³/mol. The fraction of sp³-hybridized carbons (Fsp3) is 0.417. The molecule has 0 radical (unpaired) electrons. The molecule has 20 heavy (non-hydrogen) atoms. The van der Waals surface area contributed by atoms with Gasteiger partial charge in [0.25, 0.3) is 0 Å². The topological polar surface area (TPSA) is 54.5 Å². The van der Waals surface area contributed by atoms with Crippen molar-refractivity contribution in [3.8, 4) is 11.5 Å². The van der Waals surface area contributed by atoms with Crippen LogP contribution in [0.15, 0.2) is 12.4 Å². The average Bonchev–Trinajstić information content (AvgIpc) is 2.81. The standard InChI is InChI=1S/C12H10ClF3N4/c13-10-5-17-9(4-18-10)11-19-7-2-1-6(12(14,15)16)3-8(7)20-11/h4-6H,1-3H2,(H,19,20). The van der Waals surface area contributed by atoms with Crippen LogP contribution < -0.4 is 0 Å². The summed E-state index contributed by atoms with van der Waals surface area (Å²) in [6, 6.07) is 0. The molecule has 2 heterocycles. The second-order valence-corrected chi connectivity index (χ2v) is 5.10. The van der Waals surface area contributed by atoms with E-state index in [1.165, 1.54) is 12.4 Å². The Balaban J connectivity index is 1.89. The number of imidazole rings is 1. The van der Waals surface area contributed by atoms with E-state index >= 15 is 0 Å². The first-order chi connectivity index (χ1) is 9.43. The summed E-state index contributed by atoms with van der Waals surface area (Å²) in [7, 11) is 0. The van der Waals surface area contributed by atoms with E-state index in [4.69, 9.17) is 11.6 Å². The molecule has 1 N–H and O–H groups in total. The normalized spacial score (nSPS) is 18.9. The fourth-order valence-corrected chi connectivity index (χ4v) is 2.41. The highest BCUT2D eigenvalue weighted by atomic mass is 35.5. The first-order valence-corrected chi connectivity index (χ1v) is 6.43. The molecule has 0 amide bonds. The number of aromatic amines is 1. The lowest BCUT2D eigenvalue weighted by Gasteiger charge is -2.23. The second-order valence-electron chi connectivity index (χ2n) is 4.72. The largest absolute Gasteiger partial charge is 0.392 e. The van der Waals surface area contributed by atoms with Crippen molar-refractivity contribution in [2.45, 2.75) is 25.4 Å². The average molecular weight is 303 g/mol. The number of alkyl halides is 3. The molecule has 0 saturated carbocycles. The minimum atomic E-state index is -4.16. The molecular formula is C12H10ClF3N4. The van der Waals surface area contributed by atoms with Crippen LogP contribution in [-0.2, 0) is 12.8 Å². The van der Waals surface area contributed by atoms with E-state index in [0.717, 1.165) is 0 Å². The highest BCUT2D eigenvalue weighted by Crippen LogP contribution is 2.36. The van der Waals surface area contributed by atoms with Crippen molar-refractivity contribution in [3.05, 3.63) is 28.9 Å². The van der Waals surface area contributed by atoms with Crippen LogP contribution in [0.2, 0.25) is 5.15 Å². The first kappa shape index (κ1) is 13.4. The Morgan fingerprint density at radius 3 is 2.70 bits per heavy atom. The molecule has 0 fully saturated rings. The van der Waals surface area contributed by atoms with Crippen LogP contribution in [0.4, 0.5) is 13.2 Å². The summed E-state index contributed by atoms with van der Waals surface area (Å²) >= 11 is 5.64. The number of nitrogens with one attached hydrogen (secondary N) is 1. The van der Waals surface area contributed by atoms with Crippen LogP contribution >= 0.6 is 11.6 Å². The number of aromatic nitrogens is 4. The van der Waals surface area contributed by atoms with E-state index in [1.54, 1.807) is 0 Å². The zero-order valence-corrected chi connectivity index (χ0v) is 11.0. The van der Waals surface area contributed by atoms with Gasteiger partial charge in [0.2, 0.25) is 0 Å². The van der Waals surface area contributed by atoms with Gasteiger partial charge in [-0.3, -0.25) is 0 Å². The summed E-state index contributed by atoms with van der Waals surface area (Å²) in [5.74, 6) is -0.874. The van der Waals surface area contributed by atoms with Crippen LogP contribution in [0.5, 0.6) is 0 Å². The molecule has 1 unspecified atom stereocenters. The Bertz CT molecular complexity index is 621. The van der Waals surface area contributed by atoms with Crippen LogP contribution in [0.3, 0.4) is 0 Å². The third-order valence-electron chi connectivity index (χ3n) is 3.37. The molecule has 0 saturated heterocycles. The number of halogens is 4. The monoisotopic (exact) mass is 302 g/mol. The third-order valence-corrected chi connectivity index (χ3v) is 3.57. The van der Waals surface area contributed by atoms with Gasteiger partial charge in [-0.2, -0.15) is 13.2 Å². The van der Waals surface area contributed by atoms with Crippen LogP contribution in [0, 0.1) is 5.92 Å². The second kappa shape index (κ2) is 4.73. The van der Waals surface area contributed by atoms with Gasteiger partial charge in [-0.25, -0.2) is 15.0 Å². The molecule has 4 nitrogen and oxygen atoms in total. The number of hydrogen-bond donors (Lipinski definition) is 1. The molecule has 106 valence electrons. The van der Waals surface area contributed by atoms with Gasteiger partial charge in [0.1, 0.15) is 10.8 Å². The number of aryl methyl sites for hydroxylation is 1. The van der Waals surface area contributed by atoms with E-state index < -0.39 is 12.1 Å². The Morgan fingerprint density at radius 1 is 1.25 bits per heavy atom. The molecule has 1 aliphatic carbocycles. The van der Waals surface area contributed by atoms with Crippen LogP contribution in [0.25, 0.3) is 11.5 Å². The number of nitrogens with zero attached hydrogens (tertiary/aromatic N) is 3. The Labute approximate surface area is 117 Å². The van der Waals surface area contributed by atoms with Gasteiger partial charge >= 0.3 is 6.18 Å². The number of rotatable bonds is 1. The molecule has 8 heteroatoms. The molecule has 2 aromatic heterocycles. The Kier molecular flexibility index (Phi) is 3.16. The highest BCUT2D eigenvalue weighted by molar-refractivity contribution is 6.29. The van der Waals surface area contributed by atoms with Gasteiger partial charge in [0, 0.05) is 12.1 Å². The van der Waals surface area contributed by atoms with Gasteiger partial charge < -0.3 is 4.98 Å². The number of fused-ring (bicyclic) bond motifs is 1. The van der Waals surface area contributed by atoms with E-state index in [1.807, 2.05) is 0 Å². The molecule has 1 atom stereocenters. The van der Waals surface area contributed by atoms with Crippen molar-refractivity contribution in [1.82, 2.24) is 19.9 Å². The van der Waals surface area contributed by atoms with Gasteiger partial charge in [-0.15, -0.1) is 0 Å². The lowest BCUT2D eigenvalue weighted by atomic mass is 9.89. The minimum absolute atomic E-state index is 0.0626. The van der Waals surface area contributed by atoms with E-state index in [2.05, 4.69) is 19.9 Å². The fourth-order valence-electron chi connectivity index (χ4n) is 2.32. The van der Waals surface area contributed by atoms with Gasteiger partial charge in [0.05, 0.1) is 24.0 Å². The lowest BCUT2D eigenvalue weighted by Crippen LogP contribution is -2.28. The molecule has 1 aliphatic rings. The van der Waals surface area contributed by atoms with Crippen molar-refractivity contribution in [3.63, 3.8) is 0 Å². The minimum Gasteiger partial charge on any atom is -0.340 e. The zero-order valence-electron chi connectivity index (χ0n) is 10.2. The summed E-state index contributed by atoms with van der Waals surface area (Å²) in [5, 5.41) is 0.252. The lowest BCUT2D eigenvalue weighted by molar-refractivity contribution is -0.177. The quantitative estimate of drug-likeness (QED) is 0.880. The van der Waals surface area contributed by atoms with E-state index in [0.29, 0.717) is 29.3 Å². The van der Waals surface area contributed by atoms with Gasteiger partial charge in [0.15, 0.2) is 5.82 Å². The maximum atomic E-state index is 12.7. The summed E-state index contributed by atoms with van der Waals surface area (Å²) < 4.78 is 38.2. The zero-order chi connectivity index (χ0) is 14.3. The van der Waals surface area contributed by atoms with Crippen LogP contribution in [-0.4, -0.2) is 26.1 Å². The van der Waals surface area contributed by atoms with E-state index in [-0.39, 0.29) is 18.0 Å². The van der Waals surface area contributed by atoms with Gasteiger partial charge in [-0.05, 0) is 12.8 Å². The third kappa shape index (κ3) is 2.49. The van der Waals surface area contributed by atoms with Crippen molar-refractivity contribution in [2.24, 2.45) is 5.92 Å². The molecule has 3 rings (SSSR count). The summed E-state index contributed by atoms with van der Waals surface area (Å²) in [6.07, 6.45) is -1.02. The van der Waals surface area contributed by atoms with Crippen molar-refractivity contribution >= 4 is 11.6 Å². The molecule has 0 aromatic carbocycles. The summed E-state index contributed by atoms with van der Waals surface area (Å²) in [6.45, 7) is 0. The van der Waals surface area contributed by atoms with Crippen LogP contribution in [0.1, 0.15) is 17.8 Å². The van der Waals surface area contributed by atoms with Crippen molar-refractivity contribution < 1.29 is 13.2 Å². The smallest absolute Gasteiger partial charge is 0.340 e. The Morgan fingerprint density at radius 2 is 2.05 bits per heavy atom. The highest BCUT2D eigenvalue weighted by Gasteiger charge is 2.42. The van der Waals surface area contributed by atoms with Gasteiger partial charge in [-0.1, -0.05) is 11.6 Å². The molecule has 0 bridgehead atoms. The van der Waals surface area contributed by atoms with E-state index in [9.17, 15) is 13.2 Å². The number of hydrogen-bond acceptors (Lipinski definition) is 3. The predicted octanol–water partition coefficient (Wildman–Crippen LogP) is 3.19. The first-order valence-electron chi connectivity index (χ1n) is 6.06. The maximum Gasteiger partial charge on any atom is 0.392 e. The Hall–Kier alpha value is -1.63. The molecular weight excluding hydrogens is 293 g/mol. The number of H-pyrrole nitrogens is 1. The summed E-state index contributed by atoms with van der Waals surface area (Å²) in [4.78, 5) is 15.1. The molecule has 0 aliphatic heterocycles. The van der Waals surface area contributed by atoms with Crippen molar-refractivity contribution in [1.29, 1.82) is 0 Å². The molecule has 2 aromatic rings. The maximum absolute atomic E-state index is 12.7. The van der Waals surface area contributed by atoms with Crippen molar-refractivity contribution in [2.75, 3.05) is 0 Å². The SMILES string of the molecule is FC(F)(F)C1CCc2nc(-c3cnc(Cl)cn3)[nH]c2C1. The molecule has 0 spiro atoms. The summed E-state index contributed by atoms with van der Waals surface area (Å²) in [5.41, 5.74) is 1.68.